The third kappa shape index (κ3) is 4.30. The van der Waals surface area contributed by atoms with Gasteiger partial charge < -0.3 is 19.4 Å². The predicted octanol–water partition coefficient (Wildman–Crippen LogP) is 4.44. The number of carbonyl (C=O) groups excluding carboxylic acids is 3. The summed E-state index contributed by atoms with van der Waals surface area (Å²) in [5, 5.41) is 5.65. The Kier molecular flexibility index (Phi) is 5.52. The summed E-state index contributed by atoms with van der Waals surface area (Å²) in [4.78, 5) is 38.4. The summed E-state index contributed by atoms with van der Waals surface area (Å²) >= 11 is 0. The van der Waals surface area contributed by atoms with E-state index >= 15 is 0 Å². The molecular weight excluding hydrogens is 420 g/mol. The van der Waals surface area contributed by atoms with Crippen LogP contribution in [-0.4, -0.2) is 30.9 Å². The summed E-state index contributed by atoms with van der Waals surface area (Å²) in [6.45, 7) is 0.272. The summed E-state index contributed by atoms with van der Waals surface area (Å²) < 4.78 is 10.8. The fourth-order valence-electron chi connectivity index (χ4n) is 4.23. The largest absolute Gasteiger partial charge is 0.464 e. The number of furan rings is 1. The molecule has 0 atom stereocenters. The van der Waals surface area contributed by atoms with Crippen LogP contribution in [0, 0.1) is 0 Å². The molecule has 5 rings (SSSR count). The number of benzene rings is 3. The number of amides is 2. The fraction of sp³-hybridized carbons (Fsp3) is 0.192. The number of rotatable bonds is 6. The summed E-state index contributed by atoms with van der Waals surface area (Å²) in [5.41, 5.74) is 2.70. The summed E-state index contributed by atoms with van der Waals surface area (Å²) in [5.74, 6) is -0.889. The molecule has 0 bridgehead atoms. The highest BCUT2D eigenvalue weighted by Crippen LogP contribution is 2.30. The first-order chi connectivity index (χ1) is 16.1. The number of carbonyl (C=O) groups is 3. The maximum atomic E-state index is 12.4. The van der Waals surface area contributed by atoms with Gasteiger partial charge in [0.15, 0.2) is 6.61 Å². The van der Waals surface area contributed by atoms with Crippen molar-refractivity contribution in [2.24, 2.45) is 0 Å². The number of nitrogens with one attached hydrogen (secondary N) is 1. The van der Waals surface area contributed by atoms with Gasteiger partial charge in [-0.25, -0.2) is 0 Å². The van der Waals surface area contributed by atoms with Crippen molar-refractivity contribution in [3.63, 3.8) is 0 Å². The van der Waals surface area contributed by atoms with E-state index in [2.05, 4.69) is 5.32 Å². The molecule has 33 heavy (non-hydrogen) atoms. The molecular formula is C26H22N2O5. The first-order valence-corrected chi connectivity index (χ1v) is 10.8. The van der Waals surface area contributed by atoms with E-state index in [4.69, 9.17) is 9.15 Å². The van der Waals surface area contributed by atoms with E-state index in [1.165, 1.54) is 0 Å². The van der Waals surface area contributed by atoms with Crippen LogP contribution >= 0.6 is 0 Å². The van der Waals surface area contributed by atoms with Gasteiger partial charge in [-0.1, -0.05) is 36.4 Å². The van der Waals surface area contributed by atoms with Crippen LogP contribution in [0.15, 0.2) is 71.3 Å². The molecule has 1 aromatic heterocycles. The monoisotopic (exact) mass is 442 g/mol. The van der Waals surface area contributed by atoms with Crippen LogP contribution in [0.2, 0.25) is 0 Å². The van der Waals surface area contributed by atoms with Gasteiger partial charge in [0.25, 0.3) is 5.91 Å². The van der Waals surface area contributed by atoms with Gasteiger partial charge in [-0.15, -0.1) is 0 Å². The van der Waals surface area contributed by atoms with Crippen LogP contribution in [0.25, 0.3) is 21.7 Å². The molecule has 1 fully saturated rings. The van der Waals surface area contributed by atoms with Crippen molar-refractivity contribution in [1.29, 1.82) is 0 Å². The fourth-order valence-corrected chi connectivity index (χ4v) is 4.23. The van der Waals surface area contributed by atoms with Crippen molar-refractivity contribution < 1.29 is 23.5 Å². The highest BCUT2D eigenvalue weighted by molar-refractivity contribution is 6.08. The van der Waals surface area contributed by atoms with Crippen molar-refractivity contribution in [2.75, 3.05) is 23.4 Å². The molecule has 0 aliphatic carbocycles. The van der Waals surface area contributed by atoms with Gasteiger partial charge >= 0.3 is 5.97 Å². The Morgan fingerprint density at radius 1 is 1.06 bits per heavy atom. The zero-order valence-corrected chi connectivity index (χ0v) is 17.9. The first kappa shape index (κ1) is 20.8. The van der Waals surface area contributed by atoms with Crippen LogP contribution in [0.3, 0.4) is 0 Å². The topological polar surface area (TPSA) is 88.8 Å². The summed E-state index contributed by atoms with van der Waals surface area (Å²) in [6.07, 6.45) is 2.92. The number of hydrogen-bond acceptors (Lipinski definition) is 5. The minimum Gasteiger partial charge on any atom is -0.464 e. The maximum Gasteiger partial charge on any atom is 0.310 e. The second-order valence-electron chi connectivity index (χ2n) is 8.01. The average molecular weight is 442 g/mol. The van der Waals surface area contributed by atoms with E-state index < -0.39 is 18.5 Å². The van der Waals surface area contributed by atoms with E-state index in [0.717, 1.165) is 33.8 Å². The predicted molar refractivity (Wildman–Crippen MR) is 125 cm³/mol. The Hall–Kier alpha value is -4.13. The van der Waals surface area contributed by atoms with E-state index in [9.17, 15) is 14.4 Å². The van der Waals surface area contributed by atoms with Gasteiger partial charge in [0.1, 0.15) is 5.58 Å². The Morgan fingerprint density at radius 2 is 1.94 bits per heavy atom. The minimum absolute atomic E-state index is 0.000838. The zero-order valence-electron chi connectivity index (χ0n) is 17.9. The highest BCUT2D eigenvalue weighted by Gasteiger charge is 2.22. The molecule has 0 unspecified atom stereocenters. The normalized spacial score (nSPS) is 13.6. The third-order valence-corrected chi connectivity index (χ3v) is 5.75. The molecule has 1 aliphatic heterocycles. The van der Waals surface area contributed by atoms with Crippen molar-refractivity contribution in [1.82, 2.24) is 0 Å². The molecule has 1 saturated heterocycles. The van der Waals surface area contributed by atoms with Gasteiger partial charge in [0.05, 0.1) is 12.7 Å². The minimum atomic E-state index is -0.516. The quantitative estimate of drug-likeness (QED) is 0.446. The Bertz CT molecular complexity index is 1370. The smallest absolute Gasteiger partial charge is 0.310 e. The Labute approximate surface area is 189 Å². The van der Waals surface area contributed by atoms with Gasteiger partial charge in [0, 0.05) is 35.3 Å². The molecule has 2 heterocycles. The van der Waals surface area contributed by atoms with Crippen LogP contribution in [0.4, 0.5) is 11.4 Å². The molecule has 0 spiro atoms. The molecule has 1 aliphatic rings. The van der Waals surface area contributed by atoms with E-state index in [-0.39, 0.29) is 12.3 Å². The molecule has 3 aromatic carbocycles. The molecule has 7 nitrogen and oxygen atoms in total. The lowest BCUT2D eigenvalue weighted by Gasteiger charge is -2.16. The molecule has 0 radical (unpaired) electrons. The molecule has 166 valence electrons. The number of nitrogens with zero attached hydrogens (tertiary/aromatic N) is 1. The number of hydrogen-bond donors (Lipinski definition) is 1. The standard InChI is InChI=1S/C26H22N2O5/c29-23(27-19-6-3-7-20(14-19)28-12-4-9-24(28)30)16-33-25(31)13-18-15-32-22-11-10-17-5-1-2-8-21(17)26(18)22/h1-3,5-8,10-11,14-15H,4,9,12-13,16H2,(H,27,29). The van der Waals surface area contributed by atoms with Crippen LogP contribution < -0.4 is 10.2 Å². The summed E-state index contributed by atoms with van der Waals surface area (Å²) in [6, 6.07) is 18.8. The molecule has 2 amide bonds. The van der Waals surface area contributed by atoms with Gasteiger partial charge in [0.2, 0.25) is 5.91 Å². The maximum absolute atomic E-state index is 12.4. The Morgan fingerprint density at radius 3 is 2.79 bits per heavy atom. The van der Waals surface area contributed by atoms with Gasteiger partial charge in [-0.2, -0.15) is 0 Å². The van der Waals surface area contributed by atoms with Gasteiger partial charge in [-0.05, 0) is 41.5 Å². The van der Waals surface area contributed by atoms with E-state index in [1.54, 1.807) is 29.4 Å². The van der Waals surface area contributed by atoms with Crippen LogP contribution in [0.1, 0.15) is 18.4 Å². The number of anilines is 2. The second kappa shape index (κ2) is 8.78. The third-order valence-electron chi connectivity index (χ3n) is 5.75. The summed E-state index contributed by atoms with van der Waals surface area (Å²) in [7, 11) is 0. The van der Waals surface area contributed by atoms with E-state index in [1.807, 2.05) is 42.5 Å². The number of ether oxygens (including phenoxy) is 1. The zero-order chi connectivity index (χ0) is 22.8. The highest BCUT2D eigenvalue weighted by atomic mass is 16.5. The van der Waals surface area contributed by atoms with Crippen molar-refractivity contribution in [3.8, 4) is 0 Å². The SMILES string of the molecule is O=C(COC(=O)Cc1coc2ccc3ccccc3c12)Nc1cccc(N2CCCC2=O)c1. The first-order valence-electron chi connectivity index (χ1n) is 10.8. The van der Waals surface area contributed by atoms with Crippen molar-refractivity contribution in [3.05, 3.63) is 72.5 Å². The van der Waals surface area contributed by atoms with Crippen molar-refractivity contribution >= 4 is 50.9 Å². The average Bonchev–Trinajstić information content (AvgIpc) is 3.44. The Balaban J connectivity index is 1.21. The number of esters is 1. The van der Waals surface area contributed by atoms with E-state index in [0.29, 0.717) is 24.2 Å². The number of fused-ring (bicyclic) bond motifs is 3. The molecule has 7 heteroatoms. The van der Waals surface area contributed by atoms with Gasteiger partial charge in [-0.3, -0.25) is 14.4 Å². The lowest BCUT2D eigenvalue weighted by Crippen LogP contribution is -2.24. The molecule has 1 N–H and O–H groups in total. The van der Waals surface area contributed by atoms with Crippen molar-refractivity contribution in [2.45, 2.75) is 19.3 Å². The lowest BCUT2D eigenvalue weighted by atomic mass is 10.0. The molecule has 4 aromatic rings. The lowest BCUT2D eigenvalue weighted by molar-refractivity contribution is -0.146. The molecule has 0 saturated carbocycles. The second-order valence-corrected chi connectivity index (χ2v) is 8.01. The van der Waals surface area contributed by atoms with Crippen LogP contribution in [0.5, 0.6) is 0 Å². The van der Waals surface area contributed by atoms with Crippen LogP contribution in [-0.2, 0) is 25.5 Å².